The molecule has 26 heavy (non-hydrogen) atoms. The van der Waals surface area contributed by atoms with Gasteiger partial charge in [-0.15, -0.1) is 0 Å². The lowest BCUT2D eigenvalue weighted by atomic mass is 10.1. The highest BCUT2D eigenvalue weighted by Gasteiger charge is 2.06. The van der Waals surface area contributed by atoms with Gasteiger partial charge in [0.25, 0.3) is 0 Å². The first-order valence-electron chi connectivity index (χ1n) is 8.62. The molecule has 2 rings (SSSR count). The number of nitrogens with one attached hydrogen (secondary N) is 1. The van der Waals surface area contributed by atoms with Gasteiger partial charge in [0.2, 0.25) is 5.91 Å². The molecule has 0 spiro atoms. The summed E-state index contributed by atoms with van der Waals surface area (Å²) in [6.45, 7) is 3.70. The molecule has 0 fully saturated rings. The SMILES string of the molecule is Cc1ccccc1OC[C@H](O)CNCCOc1ccc(CC(N)=O)cc1. The first-order valence-corrected chi connectivity index (χ1v) is 8.62. The third kappa shape index (κ3) is 7.13. The van der Waals surface area contributed by atoms with Gasteiger partial charge in [0.15, 0.2) is 0 Å². The Morgan fingerprint density at radius 1 is 1.15 bits per heavy atom. The number of carbonyl (C=O) groups excluding carboxylic acids is 1. The van der Waals surface area contributed by atoms with Gasteiger partial charge in [0.05, 0.1) is 6.42 Å². The number of aliphatic hydroxyl groups is 1. The number of aryl methyl sites for hydroxylation is 1. The van der Waals surface area contributed by atoms with Gasteiger partial charge >= 0.3 is 0 Å². The van der Waals surface area contributed by atoms with Crippen molar-refractivity contribution in [3.05, 3.63) is 59.7 Å². The fourth-order valence-corrected chi connectivity index (χ4v) is 2.38. The Labute approximate surface area is 153 Å². The third-order valence-corrected chi connectivity index (χ3v) is 3.75. The molecule has 4 N–H and O–H groups in total. The van der Waals surface area contributed by atoms with Crippen LogP contribution < -0.4 is 20.5 Å². The van der Waals surface area contributed by atoms with Gasteiger partial charge in [-0.1, -0.05) is 30.3 Å². The average Bonchev–Trinajstić information content (AvgIpc) is 2.61. The number of para-hydroxylation sites is 1. The summed E-state index contributed by atoms with van der Waals surface area (Å²) in [7, 11) is 0. The van der Waals surface area contributed by atoms with Crippen LogP contribution in [0.5, 0.6) is 11.5 Å². The lowest BCUT2D eigenvalue weighted by molar-refractivity contribution is -0.117. The van der Waals surface area contributed by atoms with Gasteiger partial charge in [0, 0.05) is 13.1 Å². The second-order valence-corrected chi connectivity index (χ2v) is 6.07. The lowest BCUT2D eigenvalue weighted by Crippen LogP contribution is -2.33. The van der Waals surface area contributed by atoms with Crippen molar-refractivity contribution >= 4 is 5.91 Å². The molecule has 1 amide bonds. The molecule has 0 aliphatic heterocycles. The number of hydrogen-bond donors (Lipinski definition) is 3. The number of hydrogen-bond acceptors (Lipinski definition) is 5. The molecule has 6 heteroatoms. The highest BCUT2D eigenvalue weighted by atomic mass is 16.5. The van der Waals surface area contributed by atoms with Crippen LogP contribution in [0.15, 0.2) is 48.5 Å². The molecule has 0 bridgehead atoms. The average molecular weight is 358 g/mol. The molecule has 2 aromatic carbocycles. The van der Waals surface area contributed by atoms with E-state index >= 15 is 0 Å². The van der Waals surface area contributed by atoms with Crippen LogP contribution in [0.25, 0.3) is 0 Å². The molecule has 0 radical (unpaired) electrons. The van der Waals surface area contributed by atoms with Crippen molar-refractivity contribution in [1.82, 2.24) is 5.32 Å². The van der Waals surface area contributed by atoms with Crippen LogP contribution in [0.3, 0.4) is 0 Å². The Balaban J connectivity index is 1.58. The summed E-state index contributed by atoms with van der Waals surface area (Å²) in [6.07, 6.45) is -0.368. The number of rotatable bonds is 11. The van der Waals surface area contributed by atoms with Crippen LogP contribution in [0.1, 0.15) is 11.1 Å². The zero-order chi connectivity index (χ0) is 18.8. The Kier molecular flexibility index (Phi) is 7.92. The van der Waals surface area contributed by atoms with Crippen molar-refractivity contribution < 1.29 is 19.4 Å². The van der Waals surface area contributed by atoms with E-state index in [4.69, 9.17) is 15.2 Å². The van der Waals surface area contributed by atoms with E-state index in [1.165, 1.54) is 0 Å². The third-order valence-electron chi connectivity index (χ3n) is 3.75. The van der Waals surface area contributed by atoms with E-state index in [-0.39, 0.29) is 18.9 Å². The summed E-state index contributed by atoms with van der Waals surface area (Å²) in [5, 5.41) is 13.1. The number of aliphatic hydroxyl groups excluding tert-OH is 1. The maximum Gasteiger partial charge on any atom is 0.221 e. The second-order valence-electron chi connectivity index (χ2n) is 6.07. The van der Waals surface area contributed by atoms with Crippen LogP contribution in [0.4, 0.5) is 0 Å². The Morgan fingerprint density at radius 2 is 1.88 bits per heavy atom. The molecule has 0 aliphatic carbocycles. The first-order chi connectivity index (χ1) is 12.5. The Hall–Kier alpha value is -2.57. The fourth-order valence-electron chi connectivity index (χ4n) is 2.38. The van der Waals surface area contributed by atoms with Gasteiger partial charge in [-0.05, 0) is 36.2 Å². The topological polar surface area (TPSA) is 93.8 Å². The van der Waals surface area contributed by atoms with Crippen molar-refractivity contribution in [2.45, 2.75) is 19.4 Å². The van der Waals surface area contributed by atoms with E-state index in [9.17, 15) is 9.90 Å². The molecule has 2 aromatic rings. The van der Waals surface area contributed by atoms with Crippen LogP contribution in [0.2, 0.25) is 0 Å². The van der Waals surface area contributed by atoms with Crippen molar-refractivity contribution in [3.8, 4) is 11.5 Å². The number of carbonyl (C=O) groups is 1. The molecule has 0 heterocycles. The second kappa shape index (κ2) is 10.4. The highest BCUT2D eigenvalue weighted by Crippen LogP contribution is 2.16. The van der Waals surface area contributed by atoms with Gasteiger partial charge in [0.1, 0.15) is 30.8 Å². The van der Waals surface area contributed by atoms with Crippen LogP contribution in [-0.4, -0.2) is 43.4 Å². The van der Waals surface area contributed by atoms with Gasteiger partial charge in [-0.25, -0.2) is 0 Å². The number of ether oxygens (including phenoxy) is 2. The predicted molar refractivity (Wildman–Crippen MR) is 100 cm³/mol. The van der Waals surface area contributed by atoms with Gasteiger partial charge in [-0.2, -0.15) is 0 Å². The predicted octanol–water partition coefficient (Wildman–Crippen LogP) is 1.43. The quantitative estimate of drug-likeness (QED) is 0.528. The summed E-state index contributed by atoms with van der Waals surface area (Å²) in [6, 6.07) is 15.0. The summed E-state index contributed by atoms with van der Waals surface area (Å²) in [4.78, 5) is 10.8. The van der Waals surface area contributed by atoms with Crippen LogP contribution in [-0.2, 0) is 11.2 Å². The molecule has 0 saturated carbocycles. The van der Waals surface area contributed by atoms with Crippen LogP contribution in [0, 0.1) is 6.92 Å². The number of primary amides is 1. The van der Waals surface area contributed by atoms with E-state index < -0.39 is 6.10 Å². The molecule has 6 nitrogen and oxygen atoms in total. The maximum atomic E-state index is 10.8. The molecule has 140 valence electrons. The normalized spacial score (nSPS) is 11.8. The number of benzene rings is 2. The molecular weight excluding hydrogens is 332 g/mol. The molecular formula is C20H26N2O4. The van der Waals surface area contributed by atoms with E-state index in [1.54, 1.807) is 0 Å². The largest absolute Gasteiger partial charge is 0.492 e. The fraction of sp³-hybridized carbons (Fsp3) is 0.350. The van der Waals surface area contributed by atoms with E-state index in [0.29, 0.717) is 19.7 Å². The van der Waals surface area contributed by atoms with Crippen molar-refractivity contribution in [2.75, 3.05) is 26.3 Å². The minimum absolute atomic E-state index is 0.226. The Morgan fingerprint density at radius 3 is 2.58 bits per heavy atom. The first kappa shape index (κ1) is 19.8. The van der Waals surface area contributed by atoms with Crippen LogP contribution >= 0.6 is 0 Å². The van der Waals surface area contributed by atoms with Crippen molar-refractivity contribution in [3.63, 3.8) is 0 Å². The van der Waals surface area contributed by atoms with E-state index in [2.05, 4.69) is 5.32 Å². The summed E-state index contributed by atoms with van der Waals surface area (Å²) < 4.78 is 11.2. The monoisotopic (exact) mass is 358 g/mol. The molecule has 0 unspecified atom stereocenters. The summed E-state index contributed by atoms with van der Waals surface area (Å²) in [5.74, 6) is 1.16. The van der Waals surface area contributed by atoms with E-state index in [0.717, 1.165) is 22.6 Å². The number of nitrogens with two attached hydrogens (primary N) is 1. The summed E-state index contributed by atoms with van der Waals surface area (Å²) in [5.41, 5.74) is 7.06. The molecule has 0 aromatic heterocycles. The van der Waals surface area contributed by atoms with Crippen molar-refractivity contribution in [1.29, 1.82) is 0 Å². The minimum atomic E-state index is -0.595. The lowest BCUT2D eigenvalue weighted by Gasteiger charge is -2.14. The molecule has 0 saturated heterocycles. The molecule has 1 atom stereocenters. The number of amides is 1. The van der Waals surface area contributed by atoms with Crippen molar-refractivity contribution in [2.24, 2.45) is 5.73 Å². The highest BCUT2D eigenvalue weighted by molar-refractivity contribution is 5.76. The maximum absolute atomic E-state index is 10.8. The van der Waals surface area contributed by atoms with Gasteiger partial charge < -0.3 is 25.6 Å². The smallest absolute Gasteiger partial charge is 0.221 e. The van der Waals surface area contributed by atoms with Gasteiger partial charge in [-0.3, -0.25) is 4.79 Å². The summed E-state index contributed by atoms with van der Waals surface area (Å²) >= 11 is 0. The minimum Gasteiger partial charge on any atom is -0.492 e. The molecule has 0 aliphatic rings. The standard InChI is InChI=1S/C20H26N2O4/c1-15-4-2-3-5-19(15)26-14-17(23)13-22-10-11-25-18-8-6-16(7-9-18)12-20(21)24/h2-9,17,22-23H,10-14H2,1H3,(H2,21,24)/t17-/m1/s1. The van der Waals surface area contributed by atoms with E-state index in [1.807, 2.05) is 55.5 Å². The Bertz CT molecular complexity index is 688. The zero-order valence-corrected chi connectivity index (χ0v) is 15.0. The zero-order valence-electron chi connectivity index (χ0n) is 15.0.